The summed E-state index contributed by atoms with van der Waals surface area (Å²) in [4.78, 5) is 11.8. The maximum absolute atomic E-state index is 11.9. The molecule has 26 heavy (non-hydrogen) atoms. The number of rotatable bonds is 4. The van der Waals surface area contributed by atoms with E-state index in [1.807, 2.05) is 24.3 Å². The first kappa shape index (κ1) is 15.8. The molecule has 2 atom stereocenters. The summed E-state index contributed by atoms with van der Waals surface area (Å²) in [6, 6.07) is 14.1. The number of amides is 1. The number of ether oxygens (including phenoxy) is 1. The maximum Gasteiger partial charge on any atom is 0.257 e. The molecular weight excluding hydrogens is 346 g/mol. The fraction of sp³-hybridized carbons (Fsp3) is 0.286. The minimum atomic E-state index is -1.46. The van der Waals surface area contributed by atoms with Gasteiger partial charge in [0.1, 0.15) is 11.9 Å². The van der Waals surface area contributed by atoms with E-state index in [1.165, 1.54) is 35.6 Å². The van der Waals surface area contributed by atoms with Crippen molar-refractivity contribution in [1.29, 1.82) is 0 Å². The summed E-state index contributed by atoms with van der Waals surface area (Å²) < 4.78 is 20.5. The molecule has 2 aromatic rings. The largest absolute Gasteiger partial charge is 0.486 e. The Labute approximate surface area is 154 Å². The van der Waals surface area contributed by atoms with Crippen LogP contribution in [-0.2, 0) is 22.2 Å². The van der Waals surface area contributed by atoms with Crippen molar-refractivity contribution in [2.45, 2.75) is 37.7 Å². The molecule has 4 nitrogen and oxygen atoms in total. The van der Waals surface area contributed by atoms with Gasteiger partial charge in [-0.05, 0) is 66.0 Å². The van der Waals surface area contributed by atoms with Gasteiger partial charge >= 0.3 is 0 Å². The lowest BCUT2D eigenvalue weighted by atomic mass is 9.99. The van der Waals surface area contributed by atoms with Crippen molar-refractivity contribution in [1.82, 2.24) is 4.72 Å². The van der Waals surface area contributed by atoms with Crippen LogP contribution in [0.5, 0.6) is 5.75 Å². The van der Waals surface area contributed by atoms with Crippen molar-refractivity contribution in [2.75, 3.05) is 0 Å². The Morgan fingerprint density at radius 1 is 1.00 bits per heavy atom. The van der Waals surface area contributed by atoms with Crippen LogP contribution >= 0.6 is 0 Å². The van der Waals surface area contributed by atoms with Gasteiger partial charge in [-0.2, -0.15) is 0 Å². The van der Waals surface area contributed by atoms with Crippen LogP contribution in [-0.4, -0.2) is 10.1 Å². The zero-order valence-corrected chi connectivity index (χ0v) is 15.1. The number of hydrogen-bond donors (Lipinski definition) is 1. The van der Waals surface area contributed by atoms with Gasteiger partial charge in [-0.3, -0.25) is 9.52 Å². The van der Waals surface area contributed by atoms with Gasteiger partial charge in [0.05, 0.1) is 4.91 Å². The summed E-state index contributed by atoms with van der Waals surface area (Å²) in [5.41, 5.74) is 5.12. The predicted octanol–water partition coefficient (Wildman–Crippen LogP) is 3.76. The van der Waals surface area contributed by atoms with Crippen LogP contribution in [0, 0.1) is 0 Å². The third-order valence-electron chi connectivity index (χ3n) is 5.34. The van der Waals surface area contributed by atoms with E-state index in [-0.39, 0.29) is 12.0 Å². The smallest absolute Gasteiger partial charge is 0.257 e. The van der Waals surface area contributed by atoms with Crippen LogP contribution in [0.15, 0.2) is 48.5 Å². The van der Waals surface area contributed by atoms with Crippen molar-refractivity contribution >= 4 is 21.8 Å². The maximum atomic E-state index is 11.9. The first-order chi connectivity index (χ1) is 12.7. The van der Waals surface area contributed by atoms with E-state index in [9.17, 15) is 9.00 Å². The molecule has 5 rings (SSSR count). The first-order valence-corrected chi connectivity index (χ1v) is 10.2. The minimum Gasteiger partial charge on any atom is -0.486 e. The second kappa shape index (κ2) is 6.09. The van der Waals surface area contributed by atoms with Crippen molar-refractivity contribution < 1.29 is 13.7 Å². The topological polar surface area (TPSA) is 55.4 Å². The number of hydrogen-bond acceptors (Lipinski definition) is 3. The van der Waals surface area contributed by atoms with E-state index in [0.29, 0.717) is 4.91 Å². The highest BCUT2D eigenvalue weighted by molar-refractivity contribution is 7.93. The lowest BCUT2D eigenvalue weighted by molar-refractivity contribution is -0.114. The summed E-state index contributed by atoms with van der Waals surface area (Å²) in [5.74, 6) is 1.25. The average Bonchev–Trinajstić information content (AvgIpc) is 3.33. The third-order valence-corrected chi connectivity index (χ3v) is 6.48. The van der Waals surface area contributed by atoms with Crippen molar-refractivity contribution in [3.05, 3.63) is 70.8 Å². The molecule has 132 valence electrons. The van der Waals surface area contributed by atoms with Crippen LogP contribution in [0.2, 0.25) is 0 Å². The molecule has 2 unspecified atom stereocenters. The SMILES string of the molecule is O=C1C=C(c2ccc(OC3CCc4c(C5CC5)cccc43)cc2)S(=O)N1. The van der Waals surface area contributed by atoms with Gasteiger partial charge in [0.15, 0.2) is 11.0 Å². The van der Waals surface area contributed by atoms with Crippen molar-refractivity contribution in [2.24, 2.45) is 0 Å². The predicted molar refractivity (Wildman–Crippen MR) is 101 cm³/mol. The van der Waals surface area contributed by atoms with Gasteiger partial charge in [-0.15, -0.1) is 0 Å². The van der Waals surface area contributed by atoms with E-state index in [4.69, 9.17) is 4.74 Å². The highest BCUT2D eigenvalue weighted by Crippen LogP contribution is 2.46. The molecule has 1 aliphatic heterocycles. The molecule has 0 saturated heterocycles. The van der Waals surface area contributed by atoms with Crippen LogP contribution in [0.3, 0.4) is 0 Å². The zero-order valence-electron chi connectivity index (χ0n) is 14.2. The second-order valence-corrected chi connectivity index (χ2v) is 8.28. The lowest BCUT2D eigenvalue weighted by Gasteiger charge is -2.16. The Morgan fingerprint density at radius 2 is 1.77 bits per heavy atom. The molecule has 0 radical (unpaired) electrons. The van der Waals surface area contributed by atoms with Gasteiger partial charge in [0, 0.05) is 6.08 Å². The molecule has 2 aromatic carbocycles. The molecule has 1 amide bonds. The summed E-state index contributed by atoms with van der Waals surface area (Å²) >= 11 is 0. The number of fused-ring (bicyclic) bond motifs is 1. The monoisotopic (exact) mass is 365 g/mol. The normalized spacial score (nSPS) is 24.2. The average molecular weight is 365 g/mol. The van der Waals surface area contributed by atoms with Crippen molar-refractivity contribution in [3.63, 3.8) is 0 Å². The first-order valence-electron chi connectivity index (χ1n) is 9.02. The lowest BCUT2D eigenvalue weighted by Crippen LogP contribution is -2.16. The van der Waals surface area contributed by atoms with Gasteiger partial charge in [0.25, 0.3) is 5.91 Å². The van der Waals surface area contributed by atoms with Crippen LogP contribution in [0.25, 0.3) is 4.91 Å². The fourth-order valence-electron chi connectivity index (χ4n) is 3.94. The molecule has 1 heterocycles. The summed E-state index contributed by atoms with van der Waals surface area (Å²) in [6.07, 6.45) is 6.21. The van der Waals surface area contributed by atoms with Gasteiger partial charge in [0.2, 0.25) is 0 Å². The molecule has 0 aromatic heterocycles. The molecule has 1 saturated carbocycles. The van der Waals surface area contributed by atoms with Gasteiger partial charge in [-0.25, -0.2) is 4.21 Å². The molecular formula is C21H19NO3S. The number of benzene rings is 2. The number of carbonyl (C=O) groups is 1. The Morgan fingerprint density at radius 3 is 2.46 bits per heavy atom. The van der Waals surface area contributed by atoms with Gasteiger partial charge in [-0.1, -0.05) is 30.3 Å². The Bertz CT molecular complexity index is 944. The molecule has 2 aliphatic carbocycles. The fourth-order valence-corrected chi connectivity index (χ4v) is 4.86. The molecule has 0 spiro atoms. The highest BCUT2D eigenvalue weighted by Gasteiger charge is 2.32. The molecule has 3 aliphatic rings. The third kappa shape index (κ3) is 2.76. The van der Waals surface area contributed by atoms with E-state index >= 15 is 0 Å². The van der Waals surface area contributed by atoms with Crippen LogP contribution in [0.1, 0.15) is 53.5 Å². The molecule has 1 fully saturated rings. The molecule has 5 heteroatoms. The Kier molecular flexibility index (Phi) is 3.71. The highest BCUT2D eigenvalue weighted by atomic mass is 32.2. The zero-order chi connectivity index (χ0) is 17.7. The van der Waals surface area contributed by atoms with Crippen LogP contribution < -0.4 is 9.46 Å². The van der Waals surface area contributed by atoms with Crippen LogP contribution in [0.4, 0.5) is 0 Å². The Balaban J connectivity index is 1.36. The summed E-state index contributed by atoms with van der Waals surface area (Å²) in [6.45, 7) is 0. The van der Waals surface area contributed by atoms with E-state index in [0.717, 1.165) is 30.1 Å². The second-order valence-electron chi connectivity index (χ2n) is 7.10. The minimum absolute atomic E-state index is 0.0950. The van der Waals surface area contributed by atoms with E-state index < -0.39 is 11.0 Å². The number of carbonyl (C=O) groups excluding carboxylic acids is 1. The quantitative estimate of drug-likeness (QED) is 0.897. The molecule has 1 N–H and O–H groups in total. The van der Waals surface area contributed by atoms with Gasteiger partial charge < -0.3 is 4.74 Å². The van der Waals surface area contributed by atoms with Crippen molar-refractivity contribution in [3.8, 4) is 5.75 Å². The molecule has 0 bridgehead atoms. The standard InChI is InChI=1S/C21H19NO3S/c23-21-12-20(26(24)22-21)14-6-8-15(9-7-14)25-19-11-10-17-16(13-4-5-13)2-1-3-18(17)19/h1-3,6-9,12-13,19H,4-5,10-11H2,(H,22,23). The Hall–Kier alpha value is -2.40. The summed E-state index contributed by atoms with van der Waals surface area (Å²) in [7, 11) is -1.46. The van der Waals surface area contributed by atoms with E-state index in [1.54, 1.807) is 0 Å². The summed E-state index contributed by atoms with van der Waals surface area (Å²) in [5, 5.41) is 0. The number of nitrogens with one attached hydrogen (secondary N) is 1. The van der Waals surface area contributed by atoms with E-state index in [2.05, 4.69) is 22.9 Å².